The molecular formula is C14H10BrClN2O6. The number of nitrogens with one attached hydrogen (secondary N) is 1. The van der Waals surface area contributed by atoms with Crippen molar-refractivity contribution in [3.63, 3.8) is 0 Å². The lowest BCUT2D eigenvalue weighted by atomic mass is 10.2. The normalized spacial score (nSPS) is 11.6. The lowest BCUT2D eigenvalue weighted by molar-refractivity contribution is -0.384. The summed E-state index contributed by atoms with van der Waals surface area (Å²) >= 11 is 8.93. The van der Waals surface area contributed by atoms with E-state index in [0.717, 1.165) is 6.07 Å². The zero-order valence-corrected chi connectivity index (χ0v) is 14.5. The van der Waals surface area contributed by atoms with Crippen LogP contribution in [-0.2, 0) is 9.53 Å². The van der Waals surface area contributed by atoms with Gasteiger partial charge in [-0.1, -0.05) is 11.6 Å². The number of non-ortho nitro benzene ring substituents is 1. The molecule has 1 heterocycles. The van der Waals surface area contributed by atoms with Crippen LogP contribution in [0.3, 0.4) is 0 Å². The number of nitro groups is 1. The van der Waals surface area contributed by atoms with Crippen LogP contribution < -0.4 is 5.32 Å². The topological polar surface area (TPSA) is 112 Å². The molecule has 126 valence electrons. The second-order valence-corrected chi connectivity index (χ2v) is 5.75. The molecule has 2 aromatic rings. The number of nitrogens with zero attached hydrogens (tertiary/aromatic N) is 1. The summed E-state index contributed by atoms with van der Waals surface area (Å²) in [5, 5.41) is 13.1. The standard InChI is InChI=1S/C14H10BrClN2O6/c1-7(23-14(20)11-4-5-12(15)24-11)13(19)17-10-3-2-8(18(21)22)6-9(10)16/h2-7H,1H3,(H,17,19). The quantitative estimate of drug-likeness (QED) is 0.450. The van der Waals surface area contributed by atoms with E-state index in [0.29, 0.717) is 4.67 Å². The van der Waals surface area contributed by atoms with Gasteiger partial charge in [0.15, 0.2) is 10.8 Å². The lowest BCUT2D eigenvalue weighted by Crippen LogP contribution is -2.30. The Bertz CT molecular complexity index is 806. The monoisotopic (exact) mass is 416 g/mol. The maximum atomic E-state index is 12.0. The average Bonchev–Trinajstić information content (AvgIpc) is 2.95. The highest BCUT2D eigenvalue weighted by molar-refractivity contribution is 9.10. The van der Waals surface area contributed by atoms with Crippen molar-refractivity contribution in [1.29, 1.82) is 0 Å². The molecule has 0 aliphatic rings. The van der Waals surface area contributed by atoms with Gasteiger partial charge in [-0.25, -0.2) is 4.79 Å². The second kappa shape index (κ2) is 7.45. The molecule has 2 rings (SSSR count). The molecule has 0 bridgehead atoms. The third-order valence-corrected chi connectivity index (χ3v) is 3.59. The van der Waals surface area contributed by atoms with Crippen molar-refractivity contribution in [2.24, 2.45) is 0 Å². The van der Waals surface area contributed by atoms with E-state index in [2.05, 4.69) is 21.2 Å². The van der Waals surface area contributed by atoms with Gasteiger partial charge in [0, 0.05) is 12.1 Å². The molecule has 0 saturated heterocycles. The number of ether oxygens (including phenoxy) is 1. The summed E-state index contributed by atoms with van der Waals surface area (Å²) in [4.78, 5) is 33.9. The van der Waals surface area contributed by atoms with Crippen molar-refractivity contribution in [2.45, 2.75) is 13.0 Å². The van der Waals surface area contributed by atoms with Crippen LogP contribution >= 0.6 is 27.5 Å². The van der Waals surface area contributed by atoms with Crippen molar-refractivity contribution in [1.82, 2.24) is 0 Å². The van der Waals surface area contributed by atoms with Crippen LogP contribution in [0.4, 0.5) is 11.4 Å². The summed E-state index contributed by atoms with van der Waals surface area (Å²) in [5.41, 5.74) is -0.0446. The van der Waals surface area contributed by atoms with Gasteiger partial charge >= 0.3 is 5.97 Å². The van der Waals surface area contributed by atoms with Gasteiger partial charge in [0.25, 0.3) is 11.6 Å². The van der Waals surface area contributed by atoms with Gasteiger partial charge in [-0.15, -0.1) is 0 Å². The summed E-state index contributed by atoms with van der Waals surface area (Å²) in [6.45, 7) is 1.37. The van der Waals surface area contributed by atoms with E-state index in [-0.39, 0.29) is 22.2 Å². The Morgan fingerprint density at radius 1 is 1.38 bits per heavy atom. The zero-order chi connectivity index (χ0) is 17.9. The maximum Gasteiger partial charge on any atom is 0.375 e. The predicted molar refractivity (Wildman–Crippen MR) is 88.0 cm³/mol. The van der Waals surface area contributed by atoms with E-state index >= 15 is 0 Å². The number of furan rings is 1. The first kappa shape index (κ1) is 18.0. The number of nitro benzene ring substituents is 1. The molecule has 1 aromatic heterocycles. The van der Waals surface area contributed by atoms with Crippen molar-refractivity contribution in [2.75, 3.05) is 5.32 Å². The van der Waals surface area contributed by atoms with Gasteiger partial charge in [0.1, 0.15) is 0 Å². The van der Waals surface area contributed by atoms with E-state index in [1.807, 2.05) is 0 Å². The van der Waals surface area contributed by atoms with E-state index in [1.165, 1.54) is 31.2 Å². The van der Waals surface area contributed by atoms with E-state index in [9.17, 15) is 19.7 Å². The van der Waals surface area contributed by atoms with E-state index in [1.54, 1.807) is 0 Å². The van der Waals surface area contributed by atoms with E-state index < -0.39 is 22.9 Å². The number of carbonyl (C=O) groups excluding carboxylic acids is 2. The summed E-state index contributed by atoms with van der Waals surface area (Å²) in [7, 11) is 0. The van der Waals surface area contributed by atoms with Gasteiger partial charge in [0.2, 0.25) is 5.76 Å². The molecule has 0 spiro atoms. The maximum absolute atomic E-state index is 12.0. The Balaban J connectivity index is 2.01. The number of anilines is 1. The highest BCUT2D eigenvalue weighted by Crippen LogP contribution is 2.26. The van der Waals surface area contributed by atoms with Crippen LogP contribution in [-0.4, -0.2) is 22.9 Å². The smallest absolute Gasteiger partial charge is 0.375 e. The second-order valence-electron chi connectivity index (χ2n) is 4.56. The van der Waals surface area contributed by atoms with Crippen LogP contribution in [0.15, 0.2) is 39.4 Å². The Hall–Kier alpha value is -2.39. The number of rotatable bonds is 5. The largest absolute Gasteiger partial charge is 0.447 e. The average molecular weight is 418 g/mol. The molecule has 1 amide bonds. The van der Waals surface area contributed by atoms with Gasteiger partial charge in [-0.2, -0.15) is 0 Å². The summed E-state index contributed by atoms with van der Waals surface area (Å²) in [5.74, 6) is -1.52. The minimum Gasteiger partial charge on any atom is -0.447 e. The first-order valence-corrected chi connectivity index (χ1v) is 7.66. The molecule has 0 aliphatic carbocycles. The predicted octanol–water partition coefficient (Wildman–Crippen LogP) is 3.79. The summed E-state index contributed by atoms with van der Waals surface area (Å²) < 4.78 is 10.3. The van der Waals surface area contributed by atoms with E-state index in [4.69, 9.17) is 20.8 Å². The van der Waals surface area contributed by atoms with Gasteiger partial charge in [-0.3, -0.25) is 14.9 Å². The van der Waals surface area contributed by atoms with Crippen LogP contribution in [0.25, 0.3) is 0 Å². The fraction of sp³-hybridized carbons (Fsp3) is 0.143. The Morgan fingerprint density at radius 3 is 2.62 bits per heavy atom. The fourth-order valence-corrected chi connectivity index (χ4v) is 2.18. The Labute approximate surface area is 149 Å². The van der Waals surface area contributed by atoms with Crippen LogP contribution in [0, 0.1) is 10.1 Å². The zero-order valence-electron chi connectivity index (χ0n) is 12.1. The van der Waals surface area contributed by atoms with Crippen molar-refractivity contribution >= 4 is 50.8 Å². The minimum absolute atomic E-state index is 0.00829. The van der Waals surface area contributed by atoms with Gasteiger partial charge in [0.05, 0.1) is 15.6 Å². The highest BCUT2D eigenvalue weighted by atomic mass is 79.9. The first-order valence-electron chi connectivity index (χ1n) is 6.49. The van der Waals surface area contributed by atoms with Gasteiger partial charge in [-0.05, 0) is 41.1 Å². The SMILES string of the molecule is CC(OC(=O)c1ccc(Br)o1)C(=O)Nc1ccc([N+](=O)[O-])cc1Cl. The molecule has 0 saturated carbocycles. The van der Waals surface area contributed by atoms with Crippen molar-refractivity contribution < 1.29 is 23.7 Å². The summed E-state index contributed by atoms with van der Waals surface area (Å²) in [6, 6.07) is 6.49. The third-order valence-electron chi connectivity index (χ3n) is 2.85. The molecule has 8 nitrogen and oxygen atoms in total. The van der Waals surface area contributed by atoms with Crippen LogP contribution in [0.1, 0.15) is 17.5 Å². The Kier molecular flexibility index (Phi) is 5.58. The lowest BCUT2D eigenvalue weighted by Gasteiger charge is -2.13. The van der Waals surface area contributed by atoms with Crippen LogP contribution in [0.2, 0.25) is 5.02 Å². The molecule has 1 aromatic carbocycles. The number of benzene rings is 1. The number of amides is 1. The Morgan fingerprint density at radius 2 is 2.08 bits per heavy atom. The van der Waals surface area contributed by atoms with Crippen molar-refractivity contribution in [3.8, 4) is 0 Å². The highest BCUT2D eigenvalue weighted by Gasteiger charge is 2.22. The van der Waals surface area contributed by atoms with Crippen molar-refractivity contribution in [3.05, 3.63) is 55.9 Å². The minimum atomic E-state index is -1.13. The molecular weight excluding hydrogens is 408 g/mol. The molecule has 0 fully saturated rings. The molecule has 0 radical (unpaired) electrons. The molecule has 1 unspecified atom stereocenters. The van der Waals surface area contributed by atoms with Gasteiger partial charge < -0.3 is 14.5 Å². The number of hydrogen-bond acceptors (Lipinski definition) is 6. The number of esters is 1. The number of carbonyl (C=O) groups is 2. The number of hydrogen-bond donors (Lipinski definition) is 1. The molecule has 1 atom stereocenters. The molecule has 0 aliphatic heterocycles. The molecule has 24 heavy (non-hydrogen) atoms. The third kappa shape index (κ3) is 4.33. The molecule has 1 N–H and O–H groups in total. The fourth-order valence-electron chi connectivity index (χ4n) is 1.65. The van der Waals surface area contributed by atoms with Crippen LogP contribution in [0.5, 0.6) is 0 Å². The molecule has 10 heteroatoms. The number of halogens is 2. The summed E-state index contributed by atoms with van der Waals surface area (Å²) in [6.07, 6.45) is -1.13. The first-order chi connectivity index (χ1) is 11.3.